The molecule has 0 fully saturated rings. The molecule has 0 aromatic heterocycles. The van der Waals surface area contributed by atoms with Gasteiger partial charge in [0.1, 0.15) is 0 Å². The van der Waals surface area contributed by atoms with Crippen LogP contribution in [-0.2, 0) is 12.6 Å². The Hall–Kier alpha value is -0.790. The van der Waals surface area contributed by atoms with Crippen LogP contribution in [-0.4, -0.2) is 18.4 Å². The standard InChI is InChI=1S/C13H15F3IO3S/c1-3-5-11-17(4-2,12-9-7-6-8-10-12)20-21(18,19)13(14,15)16/h2,6-10H,3,5,11H2,1H3/q-1. The van der Waals surface area contributed by atoms with Gasteiger partial charge in [-0.2, -0.15) is 0 Å². The van der Waals surface area contributed by atoms with E-state index in [-0.39, 0.29) is 4.43 Å². The zero-order valence-electron chi connectivity index (χ0n) is 11.2. The monoisotopic (exact) mass is 435 g/mol. The molecule has 0 saturated heterocycles. The topological polar surface area (TPSA) is 43.4 Å². The summed E-state index contributed by atoms with van der Waals surface area (Å²) in [6.07, 6.45) is 6.58. The molecule has 0 heterocycles. The molecule has 3 nitrogen and oxygen atoms in total. The third-order valence-electron chi connectivity index (χ3n) is 2.49. The van der Waals surface area contributed by atoms with Gasteiger partial charge in [-0.3, -0.25) is 0 Å². The molecule has 21 heavy (non-hydrogen) atoms. The first-order valence-corrected chi connectivity index (χ1v) is 11.9. The average molecular weight is 435 g/mol. The maximum atomic E-state index is 12.6. The van der Waals surface area contributed by atoms with Gasteiger partial charge in [0.25, 0.3) is 0 Å². The minimum atomic E-state index is -5.71. The number of terminal acetylenes is 1. The number of alkyl halides is 4. The molecule has 0 aliphatic heterocycles. The van der Waals surface area contributed by atoms with Crippen LogP contribution in [0.5, 0.6) is 0 Å². The van der Waals surface area contributed by atoms with Gasteiger partial charge in [0.05, 0.1) is 0 Å². The van der Waals surface area contributed by atoms with Crippen molar-refractivity contribution in [1.29, 1.82) is 0 Å². The van der Waals surface area contributed by atoms with Crippen molar-refractivity contribution in [2.75, 3.05) is 4.43 Å². The number of benzene rings is 1. The van der Waals surface area contributed by atoms with Crippen molar-refractivity contribution >= 4 is 10.1 Å². The van der Waals surface area contributed by atoms with Gasteiger partial charge in [-0.05, 0) is 0 Å². The molecule has 0 aliphatic carbocycles. The second-order valence-corrected chi connectivity index (χ2v) is 13.1. The van der Waals surface area contributed by atoms with E-state index in [9.17, 15) is 21.6 Å². The molecule has 0 amide bonds. The van der Waals surface area contributed by atoms with Gasteiger partial charge in [0.15, 0.2) is 0 Å². The van der Waals surface area contributed by atoms with Crippen molar-refractivity contribution in [3.63, 3.8) is 0 Å². The second-order valence-electron chi connectivity index (χ2n) is 4.04. The average Bonchev–Trinajstić information content (AvgIpc) is 2.43. The van der Waals surface area contributed by atoms with Gasteiger partial charge in [0.2, 0.25) is 0 Å². The number of hydrogen-bond donors (Lipinski definition) is 0. The Morgan fingerprint density at radius 1 is 1.29 bits per heavy atom. The summed E-state index contributed by atoms with van der Waals surface area (Å²) >= 11 is -4.21. The van der Waals surface area contributed by atoms with E-state index >= 15 is 0 Å². The van der Waals surface area contributed by atoms with E-state index in [2.05, 4.69) is 6.44 Å². The summed E-state index contributed by atoms with van der Waals surface area (Å²) in [5.41, 5.74) is -5.47. The van der Waals surface area contributed by atoms with Crippen molar-refractivity contribution in [3.05, 3.63) is 33.9 Å². The van der Waals surface area contributed by atoms with E-state index in [4.69, 9.17) is 6.42 Å². The Morgan fingerprint density at radius 2 is 1.86 bits per heavy atom. The molecule has 1 rings (SSSR count). The summed E-state index contributed by atoms with van der Waals surface area (Å²) in [7, 11) is -5.71. The van der Waals surface area contributed by atoms with Crippen LogP contribution in [0.2, 0.25) is 0 Å². The van der Waals surface area contributed by atoms with Crippen LogP contribution in [0.1, 0.15) is 19.8 Å². The molecule has 1 unspecified atom stereocenters. The normalized spacial score (nSPS) is 16.7. The van der Waals surface area contributed by atoms with E-state index in [1.54, 1.807) is 18.2 Å². The SMILES string of the molecule is C#C[I-](CCCC)(OS(=O)(=O)C(F)(F)F)c1ccccc1. The quantitative estimate of drug-likeness (QED) is 0.278. The van der Waals surface area contributed by atoms with Crippen LogP contribution < -0.4 is 18.8 Å². The summed E-state index contributed by atoms with van der Waals surface area (Å²) in [4.78, 5) is 0. The van der Waals surface area contributed by atoms with Gasteiger partial charge in [-0.1, -0.05) is 0 Å². The molecule has 0 spiro atoms. The molecule has 0 radical (unpaired) electrons. The van der Waals surface area contributed by atoms with E-state index < -0.39 is 34.5 Å². The number of unbranched alkanes of at least 4 members (excludes halogenated alkanes) is 1. The molecule has 8 heteroatoms. The summed E-state index contributed by atoms with van der Waals surface area (Å²) < 4.78 is 67.9. The van der Waals surface area contributed by atoms with Gasteiger partial charge in [-0.25, -0.2) is 0 Å². The molecule has 120 valence electrons. The predicted octanol–water partition coefficient (Wildman–Crippen LogP) is 0.189. The van der Waals surface area contributed by atoms with E-state index in [0.717, 1.165) is 0 Å². The first-order chi connectivity index (χ1) is 9.68. The number of hydrogen-bond acceptors (Lipinski definition) is 3. The Labute approximate surface area is 127 Å². The molecular weight excluding hydrogens is 420 g/mol. The van der Waals surface area contributed by atoms with Gasteiger partial charge < -0.3 is 0 Å². The molecule has 1 atom stereocenters. The summed E-state index contributed by atoms with van der Waals surface area (Å²) in [6.45, 7) is 1.84. The molecule has 1 aromatic carbocycles. The summed E-state index contributed by atoms with van der Waals surface area (Å²) in [5.74, 6) is 0. The summed E-state index contributed by atoms with van der Waals surface area (Å²) in [6, 6.07) is 7.92. The minimum absolute atomic E-state index is 0.152. The Bertz CT molecular complexity index is 608. The van der Waals surface area contributed by atoms with Crippen LogP contribution in [0.15, 0.2) is 30.3 Å². The molecule has 1 aromatic rings. The van der Waals surface area contributed by atoms with Crippen LogP contribution in [0, 0.1) is 13.9 Å². The van der Waals surface area contributed by atoms with Gasteiger partial charge in [-0.15, -0.1) is 0 Å². The number of halogens is 4. The maximum absolute atomic E-state index is 12.6. The van der Waals surface area contributed by atoms with Crippen molar-refractivity contribution in [2.45, 2.75) is 25.3 Å². The number of rotatable bonds is 6. The van der Waals surface area contributed by atoms with Crippen LogP contribution in [0.3, 0.4) is 0 Å². The van der Waals surface area contributed by atoms with Crippen LogP contribution in [0.4, 0.5) is 13.2 Å². The van der Waals surface area contributed by atoms with E-state index in [1.807, 2.05) is 6.92 Å². The van der Waals surface area contributed by atoms with E-state index in [0.29, 0.717) is 16.4 Å². The van der Waals surface area contributed by atoms with Crippen molar-refractivity contribution in [1.82, 2.24) is 0 Å². The zero-order valence-corrected chi connectivity index (χ0v) is 14.2. The zero-order chi connectivity index (χ0) is 16.1. The van der Waals surface area contributed by atoms with Gasteiger partial charge in [0, 0.05) is 0 Å². The second kappa shape index (κ2) is 6.98. The summed E-state index contributed by atoms with van der Waals surface area (Å²) in [5, 5.41) is 0. The first kappa shape index (κ1) is 18.3. The van der Waals surface area contributed by atoms with Crippen LogP contribution >= 0.6 is 0 Å². The third kappa shape index (κ3) is 4.34. The fourth-order valence-electron chi connectivity index (χ4n) is 1.43. The Kier molecular flexibility index (Phi) is 6.07. The van der Waals surface area contributed by atoms with Crippen LogP contribution in [0.25, 0.3) is 0 Å². The Morgan fingerprint density at radius 3 is 2.29 bits per heavy atom. The van der Waals surface area contributed by atoms with Crippen molar-refractivity contribution < 1.29 is 43.0 Å². The van der Waals surface area contributed by atoms with Crippen molar-refractivity contribution in [2.24, 2.45) is 0 Å². The molecule has 0 bridgehead atoms. The van der Waals surface area contributed by atoms with Gasteiger partial charge >= 0.3 is 127 Å². The predicted molar refractivity (Wildman–Crippen MR) is 69.8 cm³/mol. The van der Waals surface area contributed by atoms with Crippen molar-refractivity contribution in [3.8, 4) is 10.4 Å². The Balaban J connectivity index is 3.30. The first-order valence-electron chi connectivity index (χ1n) is 5.98. The molecule has 0 saturated carbocycles. The van der Waals surface area contributed by atoms with E-state index in [1.165, 1.54) is 12.1 Å². The molecular formula is C13H15F3IO3S-. The fraction of sp³-hybridized carbons (Fsp3) is 0.385. The third-order valence-corrected chi connectivity index (χ3v) is 12.7. The molecule has 0 aliphatic rings. The fourth-order valence-corrected chi connectivity index (χ4v) is 11.2. The molecule has 0 N–H and O–H groups in total.